The van der Waals surface area contributed by atoms with Crippen molar-refractivity contribution >= 4 is 0 Å². The molecule has 2 fully saturated rings. The molecule has 0 aromatic heterocycles. The molecule has 3 heteroatoms. The summed E-state index contributed by atoms with van der Waals surface area (Å²) in [5.74, 6) is 2.21. The van der Waals surface area contributed by atoms with Crippen LogP contribution in [0, 0.1) is 34.5 Å². The van der Waals surface area contributed by atoms with Gasteiger partial charge in [-0.2, -0.15) is 0 Å². The molecule has 0 aliphatic heterocycles. The summed E-state index contributed by atoms with van der Waals surface area (Å²) in [6.45, 7) is 7.98. The van der Waals surface area contributed by atoms with E-state index in [0.29, 0.717) is 35.2 Å². The maximum absolute atomic E-state index is 9.89. The highest BCUT2D eigenvalue weighted by atomic mass is 16.3. The van der Waals surface area contributed by atoms with Gasteiger partial charge in [-0.25, -0.2) is 0 Å². The minimum absolute atomic E-state index is 0.276. The quantitative estimate of drug-likeness (QED) is 0.340. The lowest BCUT2D eigenvalue weighted by Crippen LogP contribution is -2.31. The number of fused-ring (bicyclic) bond motifs is 1. The average Bonchev–Trinajstić information content (AvgIpc) is 3.42. The molecule has 166 valence electrons. The Morgan fingerprint density at radius 1 is 0.821 bits per heavy atom. The molecule has 0 heterocycles. The molecule has 2 aliphatic rings. The van der Waals surface area contributed by atoms with Crippen LogP contribution in [0.1, 0.15) is 104 Å². The van der Waals surface area contributed by atoms with Crippen LogP contribution in [-0.4, -0.2) is 35.1 Å². The van der Waals surface area contributed by atoms with Gasteiger partial charge < -0.3 is 15.3 Å². The van der Waals surface area contributed by atoms with Crippen LogP contribution < -0.4 is 0 Å². The Labute approximate surface area is 174 Å². The second-order valence-electron chi connectivity index (χ2n) is 10.8. The maximum Gasteiger partial charge on any atom is 0.0459 e. The summed E-state index contributed by atoms with van der Waals surface area (Å²) in [5, 5.41) is 28.9. The van der Waals surface area contributed by atoms with E-state index in [1.54, 1.807) is 0 Å². The summed E-state index contributed by atoms with van der Waals surface area (Å²) in [4.78, 5) is 0. The smallest absolute Gasteiger partial charge is 0.0459 e. The summed E-state index contributed by atoms with van der Waals surface area (Å²) in [6, 6.07) is 0. The Morgan fingerprint density at radius 3 is 1.86 bits per heavy atom. The molecule has 2 saturated carbocycles. The number of hydrogen-bond donors (Lipinski definition) is 3. The third-order valence-corrected chi connectivity index (χ3v) is 8.73. The van der Waals surface area contributed by atoms with Crippen LogP contribution in [-0.2, 0) is 0 Å². The zero-order chi connectivity index (χ0) is 20.6. The van der Waals surface area contributed by atoms with E-state index in [1.807, 2.05) is 0 Å². The highest BCUT2D eigenvalue weighted by Crippen LogP contribution is 2.71. The minimum atomic E-state index is 0.276. The molecule has 2 aliphatic carbocycles. The van der Waals surface area contributed by atoms with Gasteiger partial charge in [-0.3, -0.25) is 0 Å². The van der Waals surface area contributed by atoms with Crippen molar-refractivity contribution in [2.75, 3.05) is 19.8 Å². The summed E-state index contributed by atoms with van der Waals surface area (Å²) >= 11 is 0. The molecule has 0 aromatic carbocycles. The van der Waals surface area contributed by atoms with E-state index >= 15 is 0 Å². The standard InChI is InChI=1S/C25H48O3/c1-4-20(17-26)8-5-9-21(18-27)10-6-11-22(19-28)13-15-25-16-23(25)12-7-14-24(25,2)3/h20-23,26-28H,4-19H2,1-3H3. The molecule has 0 radical (unpaired) electrons. The minimum Gasteiger partial charge on any atom is -0.396 e. The lowest BCUT2D eigenvalue weighted by molar-refractivity contribution is 0.0894. The van der Waals surface area contributed by atoms with Crippen LogP contribution in [0.5, 0.6) is 0 Å². The van der Waals surface area contributed by atoms with E-state index in [1.165, 1.54) is 38.5 Å². The Balaban J connectivity index is 1.66. The normalized spacial score (nSPS) is 29.1. The molecule has 3 nitrogen and oxygen atoms in total. The molecule has 5 atom stereocenters. The van der Waals surface area contributed by atoms with E-state index in [2.05, 4.69) is 20.8 Å². The fourth-order valence-electron chi connectivity index (χ4n) is 6.20. The van der Waals surface area contributed by atoms with Crippen molar-refractivity contribution in [1.29, 1.82) is 0 Å². The van der Waals surface area contributed by atoms with Crippen LogP contribution in [0.15, 0.2) is 0 Å². The third kappa shape index (κ3) is 6.19. The van der Waals surface area contributed by atoms with Crippen molar-refractivity contribution in [1.82, 2.24) is 0 Å². The fourth-order valence-corrected chi connectivity index (χ4v) is 6.20. The number of aliphatic hydroxyl groups excluding tert-OH is 3. The zero-order valence-corrected chi connectivity index (χ0v) is 19.0. The number of hydrogen-bond acceptors (Lipinski definition) is 3. The van der Waals surface area contributed by atoms with Gasteiger partial charge in [0, 0.05) is 19.8 Å². The first kappa shape index (κ1) is 24.2. The van der Waals surface area contributed by atoms with E-state index in [-0.39, 0.29) is 13.2 Å². The van der Waals surface area contributed by atoms with Gasteiger partial charge in [-0.05, 0) is 92.3 Å². The van der Waals surface area contributed by atoms with E-state index in [4.69, 9.17) is 0 Å². The molecule has 0 aromatic rings. The molecule has 0 amide bonds. The zero-order valence-electron chi connectivity index (χ0n) is 19.0. The van der Waals surface area contributed by atoms with Gasteiger partial charge in [-0.15, -0.1) is 0 Å². The van der Waals surface area contributed by atoms with Crippen LogP contribution in [0.25, 0.3) is 0 Å². The monoisotopic (exact) mass is 396 g/mol. The van der Waals surface area contributed by atoms with Crippen LogP contribution in [0.3, 0.4) is 0 Å². The van der Waals surface area contributed by atoms with Crippen LogP contribution >= 0.6 is 0 Å². The van der Waals surface area contributed by atoms with E-state index in [0.717, 1.165) is 50.9 Å². The molecular weight excluding hydrogens is 348 g/mol. The molecule has 0 spiro atoms. The Hall–Kier alpha value is -0.120. The van der Waals surface area contributed by atoms with Gasteiger partial charge >= 0.3 is 0 Å². The molecule has 2 rings (SSSR count). The molecule has 0 saturated heterocycles. The predicted molar refractivity (Wildman–Crippen MR) is 117 cm³/mol. The fraction of sp³-hybridized carbons (Fsp3) is 1.00. The molecule has 0 bridgehead atoms. The van der Waals surface area contributed by atoms with E-state index < -0.39 is 0 Å². The summed E-state index contributed by atoms with van der Waals surface area (Å²) in [5.41, 5.74) is 1.07. The molecule has 3 N–H and O–H groups in total. The Kier molecular flexibility index (Phi) is 9.76. The summed E-state index contributed by atoms with van der Waals surface area (Å²) in [6.07, 6.45) is 15.7. The predicted octanol–water partition coefficient (Wildman–Crippen LogP) is 5.56. The third-order valence-electron chi connectivity index (χ3n) is 8.73. The first-order valence-corrected chi connectivity index (χ1v) is 12.2. The summed E-state index contributed by atoms with van der Waals surface area (Å²) < 4.78 is 0. The van der Waals surface area contributed by atoms with Gasteiger partial charge in [0.15, 0.2) is 0 Å². The summed E-state index contributed by atoms with van der Waals surface area (Å²) in [7, 11) is 0. The molecule has 28 heavy (non-hydrogen) atoms. The van der Waals surface area contributed by atoms with Crippen molar-refractivity contribution in [2.45, 2.75) is 104 Å². The van der Waals surface area contributed by atoms with Crippen molar-refractivity contribution in [3.63, 3.8) is 0 Å². The second-order valence-corrected chi connectivity index (χ2v) is 10.8. The van der Waals surface area contributed by atoms with Gasteiger partial charge in [0.2, 0.25) is 0 Å². The lowest BCUT2D eigenvalue weighted by atomic mass is 9.65. The maximum atomic E-state index is 9.89. The molecule has 5 unspecified atom stereocenters. The highest BCUT2D eigenvalue weighted by Gasteiger charge is 2.62. The first-order chi connectivity index (χ1) is 13.4. The topological polar surface area (TPSA) is 60.7 Å². The van der Waals surface area contributed by atoms with Crippen molar-refractivity contribution in [3.05, 3.63) is 0 Å². The van der Waals surface area contributed by atoms with Crippen molar-refractivity contribution in [3.8, 4) is 0 Å². The van der Waals surface area contributed by atoms with E-state index in [9.17, 15) is 15.3 Å². The van der Waals surface area contributed by atoms with Gasteiger partial charge in [-0.1, -0.05) is 46.5 Å². The number of rotatable bonds is 15. The Morgan fingerprint density at radius 2 is 1.36 bits per heavy atom. The Bertz CT molecular complexity index is 432. The lowest BCUT2D eigenvalue weighted by Gasteiger charge is -2.40. The molecular formula is C25H48O3. The van der Waals surface area contributed by atoms with Gasteiger partial charge in [0.05, 0.1) is 0 Å². The van der Waals surface area contributed by atoms with Crippen molar-refractivity contribution in [2.24, 2.45) is 34.5 Å². The SMILES string of the molecule is CCC(CO)CCCC(CO)CCCC(CO)CCC12CC1CCCC2(C)C. The second kappa shape index (κ2) is 11.3. The largest absolute Gasteiger partial charge is 0.396 e. The average molecular weight is 397 g/mol. The van der Waals surface area contributed by atoms with Crippen LogP contribution in [0.4, 0.5) is 0 Å². The first-order valence-electron chi connectivity index (χ1n) is 12.2. The van der Waals surface area contributed by atoms with Gasteiger partial charge in [0.25, 0.3) is 0 Å². The van der Waals surface area contributed by atoms with Crippen LogP contribution in [0.2, 0.25) is 0 Å². The van der Waals surface area contributed by atoms with Gasteiger partial charge in [0.1, 0.15) is 0 Å². The number of aliphatic hydroxyl groups is 3. The highest BCUT2D eigenvalue weighted by molar-refractivity contribution is 5.12. The van der Waals surface area contributed by atoms with Crippen molar-refractivity contribution < 1.29 is 15.3 Å².